The Labute approximate surface area is 118 Å². The molecule has 3 rings (SSSR count). The van der Waals surface area contributed by atoms with Crippen molar-refractivity contribution in [3.05, 3.63) is 48.3 Å². The summed E-state index contributed by atoms with van der Waals surface area (Å²) in [6.07, 6.45) is 4.64. The molecule has 1 aromatic heterocycles. The Balaban J connectivity index is 1.75. The van der Waals surface area contributed by atoms with E-state index in [0.29, 0.717) is 6.04 Å². The highest BCUT2D eigenvalue weighted by molar-refractivity contribution is 5.94. The van der Waals surface area contributed by atoms with Gasteiger partial charge in [-0.1, -0.05) is 0 Å². The second-order valence-electron chi connectivity index (χ2n) is 5.06. The van der Waals surface area contributed by atoms with Crippen LogP contribution in [0.25, 0.3) is 5.69 Å². The van der Waals surface area contributed by atoms with Crippen molar-refractivity contribution in [1.82, 2.24) is 20.0 Å². The molecule has 0 saturated carbocycles. The van der Waals surface area contributed by atoms with Gasteiger partial charge in [0, 0.05) is 37.6 Å². The number of hydrogen-bond acceptors (Lipinski definition) is 3. The van der Waals surface area contributed by atoms with Crippen LogP contribution in [-0.2, 0) is 0 Å². The summed E-state index contributed by atoms with van der Waals surface area (Å²) >= 11 is 0. The summed E-state index contributed by atoms with van der Waals surface area (Å²) in [6, 6.07) is 9.73. The molecule has 20 heavy (non-hydrogen) atoms. The van der Waals surface area contributed by atoms with E-state index in [-0.39, 0.29) is 5.91 Å². The molecule has 1 aromatic carbocycles. The molecule has 1 unspecified atom stereocenters. The number of aromatic nitrogens is 2. The largest absolute Gasteiger partial charge is 0.337 e. The first-order chi connectivity index (χ1) is 9.75. The molecule has 0 spiro atoms. The predicted octanol–water partition coefficient (Wildman–Crippen LogP) is 1.31. The average molecular weight is 270 g/mol. The van der Waals surface area contributed by atoms with E-state index < -0.39 is 0 Å². The van der Waals surface area contributed by atoms with Crippen molar-refractivity contribution in [3.8, 4) is 5.69 Å². The number of rotatable bonds is 3. The van der Waals surface area contributed by atoms with Gasteiger partial charge in [-0.15, -0.1) is 0 Å². The van der Waals surface area contributed by atoms with E-state index in [1.165, 1.54) is 0 Å². The van der Waals surface area contributed by atoms with Crippen molar-refractivity contribution in [1.29, 1.82) is 0 Å². The van der Waals surface area contributed by atoms with E-state index in [4.69, 9.17) is 0 Å². The number of amides is 1. The van der Waals surface area contributed by atoms with E-state index in [2.05, 4.69) is 10.4 Å². The van der Waals surface area contributed by atoms with E-state index in [1.54, 1.807) is 10.9 Å². The Morgan fingerprint density at radius 2 is 2.20 bits per heavy atom. The number of benzene rings is 1. The molecule has 2 heterocycles. The van der Waals surface area contributed by atoms with Crippen molar-refractivity contribution in [2.24, 2.45) is 0 Å². The molecule has 5 heteroatoms. The fraction of sp³-hybridized carbons (Fsp3) is 0.333. The molecule has 1 aliphatic heterocycles. The summed E-state index contributed by atoms with van der Waals surface area (Å²) in [6.45, 7) is 1.87. The number of hydrogen-bond donors (Lipinski definition) is 1. The lowest BCUT2D eigenvalue weighted by molar-refractivity contribution is 0.0744. The third kappa shape index (κ3) is 2.44. The quantitative estimate of drug-likeness (QED) is 0.915. The van der Waals surface area contributed by atoms with E-state index >= 15 is 0 Å². The predicted molar refractivity (Wildman–Crippen MR) is 76.9 cm³/mol. The fourth-order valence-electron chi connectivity index (χ4n) is 2.52. The van der Waals surface area contributed by atoms with Gasteiger partial charge in [0.2, 0.25) is 0 Å². The van der Waals surface area contributed by atoms with Gasteiger partial charge in [-0.2, -0.15) is 5.10 Å². The van der Waals surface area contributed by atoms with Crippen molar-refractivity contribution >= 4 is 5.91 Å². The number of carbonyl (C=O) groups excluding carboxylic acids is 1. The molecule has 1 saturated heterocycles. The highest BCUT2D eigenvalue weighted by Crippen LogP contribution is 2.13. The van der Waals surface area contributed by atoms with Crippen molar-refractivity contribution in [2.45, 2.75) is 12.5 Å². The topological polar surface area (TPSA) is 50.2 Å². The minimum atomic E-state index is 0.0747. The molecular formula is C15H18N4O. The second-order valence-corrected chi connectivity index (χ2v) is 5.06. The average Bonchev–Trinajstić information content (AvgIpc) is 3.18. The molecule has 104 valence electrons. The number of carbonyl (C=O) groups is 1. The third-order valence-electron chi connectivity index (χ3n) is 3.79. The maximum absolute atomic E-state index is 12.4. The van der Waals surface area contributed by atoms with Crippen LogP contribution in [-0.4, -0.2) is 46.8 Å². The lowest BCUT2D eigenvalue weighted by Crippen LogP contribution is -2.38. The number of nitrogens with zero attached hydrogens (tertiary/aromatic N) is 3. The maximum Gasteiger partial charge on any atom is 0.253 e. The smallest absolute Gasteiger partial charge is 0.253 e. The summed E-state index contributed by atoms with van der Waals surface area (Å²) in [5.41, 5.74) is 1.67. The summed E-state index contributed by atoms with van der Waals surface area (Å²) in [5.74, 6) is 0.0747. The molecule has 1 N–H and O–H groups in total. The van der Waals surface area contributed by atoms with Crippen molar-refractivity contribution in [2.75, 3.05) is 20.1 Å². The maximum atomic E-state index is 12.4. The van der Waals surface area contributed by atoms with Crippen molar-refractivity contribution in [3.63, 3.8) is 0 Å². The summed E-state index contributed by atoms with van der Waals surface area (Å²) in [4.78, 5) is 14.2. The Kier molecular flexibility index (Phi) is 3.52. The highest BCUT2D eigenvalue weighted by Gasteiger charge is 2.23. The molecule has 0 bridgehead atoms. The van der Waals surface area contributed by atoms with Crippen LogP contribution in [0.2, 0.25) is 0 Å². The third-order valence-corrected chi connectivity index (χ3v) is 3.79. The SMILES string of the molecule is CN(C(=O)c1ccc(-n2cccn2)cc1)C1CCNC1. The zero-order chi connectivity index (χ0) is 13.9. The van der Waals surface area contributed by atoms with Gasteiger partial charge in [0.15, 0.2) is 0 Å². The van der Waals surface area contributed by atoms with Gasteiger partial charge >= 0.3 is 0 Å². The summed E-state index contributed by atoms with van der Waals surface area (Å²) in [7, 11) is 1.88. The first kappa shape index (κ1) is 12.9. The highest BCUT2D eigenvalue weighted by atomic mass is 16.2. The van der Waals surface area contributed by atoms with E-state index in [0.717, 1.165) is 30.8 Å². The van der Waals surface area contributed by atoms with Gasteiger partial charge in [0.05, 0.1) is 5.69 Å². The Hall–Kier alpha value is -2.14. The van der Waals surface area contributed by atoms with Gasteiger partial charge in [-0.25, -0.2) is 4.68 Å². The minimum Gasteiger partial charge on any atom is -0.337 e. The number of nitrogens with one attached hydrogen (secondary N) is 1. The first-order valence-corrected chi connectivity index (χ1v) is 6.83. The summed E-state index contributed by atoms with van der Waals surface area (Å²) < 4.78 is 1.78. The zero-order valence-corrected chi connectivity index (χ0v) is 11.5. The molecule has 1 atom stereocenters. The Morgan fingerprint density at radius 1 is 1.40 bits per heavy atom. The molecule has 0 radical (unpaired) electrons. The minimum absolute atomic E-state index is 0.0747. The molecule has 0 aliphatic carbocycles. The van der Waals surface area contributed by atoms with Crippen LogP contribution in [0, 0.1) is 0 Å². The summed E-state index contributed by atoms with van der Waals surface area (Å²) in [5, 5.41) is 7.45. The van der Waals surface area contributed by atoms with E-state index in [9.17, 15) is 4.79 Å². The van der Waals surface area contributed by atoms with Crippen LogP contribution < -0.4 is 5.32 Å². The van der Waals surface area contributed by atoms with Crippen LogP contribution in [0.1, 0.15) is 16.8 Å². The van der Waals surface area contributed by atoms with Crippen LogP contribution >= 0.6 is 0 Å². The number of likely N-dealkylation sites (N-methyl/N-ethyl adjacent to an activating group) is 1. The van der Waals surface area contributed by atoms with Crippen LogP contribution in [0.3, 0.4) is 0 Å². The van der Waals surface area contributed by atoms with Gasteiger partial charge < -0.3 is 10.2 Å². The monoisotopic (exact) mass is 270 g/mol. The standard InChI is InChI=1S/C15H18N4O/c1-18(14-7-9-16-11-14)15(20)12-3-5-13(6-4-12)19-10-2-8-17-19/h2-6,8,10,14,16H,7,9,11H2,1H3. The van der Waals surface area contributed by atoms with Gasteiger partial charge in [0.1, 0.15) is 0 Å². The van der Waals surface area contributed by atoms with Gasteiger partial charge in [0.25, 0.3) is 5.91 Å². The molecule has 5 nitrogen and oxygen atoms in total. The van der Waals surface area contributed by atoms with Crippen LogP contribution in [0.15, 0.2) is 42.7 Å². The van der Waals surface area contributed by atoms with Crippen LogP contribution in [0.5, 0.6) is 0 Å². The lowest BCUT2D eigenvalue weighted by atomic mass is 10.1. The normalized spacial score (nSPS) is 18.1. The van der Waals surface area contributed by atoms with Crippen molar-refractivity contribution < 1.29 is 4.79 Å². The molecule has 1 aliphatic rings. The fourth-order valence-corrected chi connectivity index (χ4v) is 2.52. The molecular weight excluding hydrogens is 252 g/mol. The second kappa shape index (κ2) is 5.46. The van der Waals surface area contributed by atoms with Gasteiger partial charge in [-0.3, -0.25) is 4.79 Å². The van der Waals surface area contributed by atoms with E-state index in [1.807, 2.05) is 48.5 Å². The van der Waals surface area contributed by atoms with Crippen LogP contribution in [0.4, 0.5) is 0 Å². The molecule has 1 fully saturated rings. The van der Waals surface area contributed by atoms with Gasteiger partial charge in [-0.05, 0) is 43.3 Å². The molecule has 2 aromatic rings. The Bertz CT molecular complexity index is 570. The molecule has 1 amide bonds. The zero-order valence-electron chi connectivity index (χ0n) is 11.5. The first-order valence-electron chi connectivity index (χ1n) is 6.83. The lowest BCUT2D eigenvalue weighted by Gasteiger charge is -2.23. The Morgan fingerprint density at radius 3 is 2.80 bits per heavy atom.